The summed E-state index contributed by atoms with van der Waals surface area (Å²) in [6, 6.07) is 11.3. The SMILES string of the molecule is COC[C@@H]1[C@@H](C)C/C=C/[C@H](O)[C@@H]2CC[C@H]2CN2CCCCc3cc(Cl)ccc3COc3ccc(cc32)[C@@H](O)NS1(=O)=O. The molecule has 2 heterocycles. The highest BCUT2D eigenvalue weighted by Gasteiger charge is 2.37. The lowest BCUT2D eigenvalue weighted by molar-refractivity contribution is 0.0460. The molecule has 2 aromatic rings. The molecule has 2 bridgehead atoms. The van der Waals surface area contributed by atoms with Gasteiger partial charge in [-0.3, -0.25) is 0 Å². The molecule has 0 spiro atoms. The van der Waals surface area contributed by atoms with Crippen LogP contribution in [-0.4, -0.2) is 56.8 Å². The van der Waals surface area contributed by atoms with Crippen LogP contribution >= 0.6 is 11.6 Å². The van der Waals surface area contributed by atoms with Gasteiger partial charge < -0.3 is 24.6 Å². The van der Waals surface area contributed by atoms with Gasteiger partial charge in [0.1, 0.15) is 23.8 Å². The summed E-state index contributed by atoms with van der Waals surface area (Å²) >= 11 is 6.31. The van der Waals surface area contributed by atoms with Crippen LogP contribution in [0.25, 0.3) is 0 Å². The number of aliphatic hydroxyl groups is 2. The standard InChI is InChI=1S/C32H43ClN2O6S/c1-21-6-5-8-29(36)27-13-10-24(27)18-35-15-4-3-7-22-16-26(33)12-9-25(22)19-41-30-14-11-23(17-28(30)35)32(37)34-42(38,39)31(21)20-40-2/h5,8-9,11-12,14,16-17,21,24,27,29,31-32,34,36-37H,3-4,6-7,10,13,15,18-20H2,1-2H3/b8-5+/t21-,24-,27+,29-,31+,32+/m0/s1. The van der Waals surface area contributed by atoms with Gasteiger partial charge in [0.05, 0.1) is 18.4 Å². The Morgan fingerprint density at radius 3 is 2.71 bits per heavy atom. The van der Waals surface area contributed by atoms with Gasteiger partial charge in [0.2, 0.25) is 10.0 Å². The van der Waals surface area contributed by atoms with Crippen molar-refractivity contribution in [1.82, 2.24) is 4.72 Å². The predicted molar refractivity (Wildman–Crippen MR) is 165 cm³/mol. The first kappa shape index (κ1) is 31.3. The second kappa shape index (κ2) is 13.7. The predicted octanol–water partition coefficient (Wildman–Crippen LogP) is 4.97. The highest BCUT2D eigenvalue weighted by molar-refractivity contribution is 7.90. The van der Waals surface area contributed by atoms with Crippen molar-refractivity contribution in [2.75, 3.05) is 31.7 Å². The van der Waals surface area contributed by atoms with Crippen molar-refractivity contribution in [3.63, 3.8) is 0 Å². The number of sulfonamides is 1. The Labute approximate surface area is 254 Å². The van der Waals surface area contributed by atoms with Gasteiger partial charge in [-0.15, -0.1) is 0 Å². The summed E-state index contributed by atoms with van der Waals surface area (Å²) in [5.41, 5.74) is 3.51. The Bertz CT molecular complexity index is 1370. The van der Waals surface area contributed by atoms with Gasteiger partial charge in [0.25, 0.3) is 0 Å². The van der Waals surface area contributed by atoms with Crippen molar-refractivity contribution in [3.05, 3.63) is 70.3 Å². The number of benzene rings is 2. The fourth-order valence-electron chi connectivity index (χ4n) is 6.44. The first-order chi connectivity index (χ1) is 20.2. The molecular weight excluding hydrogens is 576 g/mol. The van der Waals surface area contributed by atoms with Gasteiger partial charge in [-0.05, 0) is 97.2 Å². The minimum Gasteiger partial charge on any atom is -0.487 e. The molecule has 8 nitrogen and oxygen atoms in total. The van der Waals surface area contributed by atoms with E-state index in [4.69, 9.17) is 21.1 Å². The smallest absolute Gasteiger partial charge is 0.219 e. The van der Waals surface area contributed by atoms with Gasteiger partial charge in [-0.2, -0.15) is 4.72 Å². The zero-order chi connectivity index (χ0) is 29.9. The molecule has 0 amide bonds. The molecule has 0 unspecified atom stereocenters. The fourth-order valence-corrected chi connectivity index (χ4v) is 8.30. The van der Waals surface area contributed by atoms with Crippen LogP contribution in [0.3, 0.4) is 0 Å². The van der Waals surface area contributed by atoms with Crippen molar-refractivity contribution >= 4 is 27.3 Å². The average Bonchev–Trinajstić information content (AvgIpc) is 2.96. The molecule has 6 atom stereocenters. The Balaban J connectivity index is 1.54. The Kier molecular flexibility index (Phi) is 10.2. The largest absolute Gasteiger partial charge is 0.487 e. The van der Waals surface area contributed by atoms with E-state index >= 15 is 0 Å². The zero-order valence-corrected chi connectivity index (χ0v) is 26.0. The molecule has 2 aliphatic heterocycles. The number of rotatable bonds is 2. The number of ether oxygens (including phenoxy) is 2. The summed E-state index contributed by atoms with van der Waals surface area (Å²) in [5, 5.41) is 22.1. The summed E-state index contributed by atoms with van der Waals surface area (Å²) in [6.07, 6.45) is 6.92. The normalized spacial score (nSPS) is 30.9. The average molecular weight is 619 g/mol. The maximum Gasteiger partial charge on any atom is 0.219 e. The number of aryl methyl sites for hydroxylation is 1. The molecule has 230 valence electrons. The lowest BCUT2D eigenvalue weighted by atomic mass is 9.70. The number of allylic oxidation sites excluding steroid dienone is 1. The molecule has 3 aliphatic rings. The summed E-state index contributed by atoms with van der Waals surface area (Å²) in [4.78, 5) is 2.29. The maximum atomic E-state index is 13.5. The third-order valence-electron chi connectivity index (χ3n) is 9.17. The van der Waals surface area contributed by atoms with Gasteiger partial charge in [-0.1, -0.05) is 42.8 Å². The summed E-state index contributed by atoms with van der Waals surface area (Å²) < 4.78 is 41.1. The summed E-state index contributed by atoms with van der Waals surface area (Å²) in [7, 11) is -2.49. The molecule has 10 heteroatoms. The number of fused-ring (bicyclic) bond motifs is 3. The lowest BCUT2D eigenvalue weighted by Crippen LogP contribution is -2.44. The molecule has 1 saturated carbocycles. The van der Waals surface area contributed by atoms with E-state index in [1.807, 2.05) is 49.4 Å². The van der Waals surface area contributed by atoms with E-state index in [0.29, 0.717) is 35.3 Å². The molecule has 0 saturated heterocycles. The Morgan fingerprint density at radius 2 is 1.95 bits per heavy atom. The van der Waals surface area contributed by atoms with Crippen LogP contribution < -0.4 is 14.4 Å². The second-order valence-electron chi connectivity index (χ2n) is 12.0. The van der Waals surface area contributed by atoms with Crippen LogP contribution in [0.15, 0.2) is 48.6 Å². The highest BCUT2D eigenvalue weighted by atomic mass is 35.5. The van der Waals surface area contributed by atoms with Crippen LogP contribution in [0.2, 0.25) is 5.02 Å². The zero-order valence-electron chi connectivity index (χ0n) is 24.4. The van der Waals surface area contributed by atoms with Crippen LogP contribution in [0, 0.1) is 17.8 Å². The molecule has 1 aliphatic carbocycles. The van der Waals surface area contributed by atoms with Crippen molar-refractivity contribution < 1.29 is 28.1 Å². The van der Waals surface area contributed by atoms with Gasteiger partial charge in [0, 0.05) is 25.2 Å². The summed E-state index contributed by atoms with van der Waals surface area (Å²) in [5.74, 6) is 0.807. The molecule has 1 fully saturated rings. The first-order valence-electron chi connectivity index (χ1n) is 15.0. The van der Waals surface area contributed by atoms with Gasteiger partial charge in [0.15, 0.2) is 0 Å². The van der Waals surface area contributed by atoms with Crippen molar-refractivity contribution in [3.8, 4) is 5.75 Å². The van der Waals surface area contributed by atoms with E-state index < -0.39 is 27.6 Å². The highest BCUT2D eigenvalue weighted by Crippen LogP contribution is 2.41. The molecule has 5 rings (SSSR count). The van der Waals surface area contributed by atoms with Crippen molar-refractivity contribution in [2.24, 2.45) is 17.8 Å². The third kappa shape index (κ3) is 7.14. The minimum absolute atomic E-state index is 0.0111. The van der Waals surface area contributed by atoms with Gasteiger partial charge in [-0.25, -0.2) is 8.42 Å². The minimum atomic E-state index is -3.96. The molecule has 3 N–H and O–H groups in total. The number of anilines is 1. The van der Waals surface area contributed by atoms with E-state index in [1.165, 1.54) is 12.7 Å². The van der Waals surface area contributed by atoms with Gasteiger partial charge >= 0.3 is 0 Å². The Morgan fingerprint density at radius 1 is 1.12 bits per heavy atom. The third-order valence-corrected chi connectivity index (χ3v) is 11.4. The number of aliphatic hydroxyl groups excluding tert-OH is 2. The molecule has 2 aromatic carbocycles. The number of nitrogens with zero attached hydrogens (tertiary/aromatic N) is 1. The molecular formula is C32H43ClN2O6S. The van der Waals surface area contributed by atoms with Crippen molar-refractivity contribution in [2.45, 2.75) is 69.6 Å². The van der Waals surface area contributed by atoms with Crippen LogP contribution in [-0.2, 0) is 27.8 Å². The number of hydrogen-bond acceptors (Lipinski definition) is 7. The monoisotopic (exact) mass is 618 g/mol. The maximum absolute atomic E-state index is 13.5. The lowest BCUT2D eigenvalue weighted by Gasteiger charge is -2.42. The molecule has 0 radical (unpaired) electrons. The second-order valence-corrected chi connectivity index (χ2v) is 14.4. The van der Waals surface area contributed by atoms with E-state index in [2.05, 4.69) is 9.62 Å². The van der Waals surface area contributed by atoms with E-state index in [1.54, 1.807) is 6.07 Å². The number of halogens is 1. The van der Waals surface area contributed by atoms with E-state index in [-0.39, 0.29) is 18.4 Å². The number of nitrogens with one attached hydrogen (secondary N) is 1. The number of methoxy groups -OCH3 is 1. The topological polar surface area (TPSA) is 108 Å². The van der Waals surface area contributed by atoms with E-state index in [9.17, 15) is 18.6 Å². The van der Waals surface area contributed by atoms with Crippen LogP contribution in [0.5, 0.6) is 5.75 Å². The number of hydrogen-bond donors (Lipinski definition) is 3. The van der Waals surface area contributed by atoms with Crippen LogP contribution in [0.4, 0.5) is 5.69 Å². The molecule has 0 aromatic heterocycles. The Hall–Kier alpha value is -2.14. The molecule has 42 heavy (non-hydrogen) atoms. The van der Waals surface area contributed by atoms with Crippen molar-refractivity contribution in [1.29, 1.82) is 0 Å². The quantitative estimate of drug-likeness (QED) is 0.408. The first-order valence-corrected chi connectivity index (χ1v) is 16.9. The van der Waals surface area contributed by atoms with Crippen LogP contribution in [0.1, 0.15) is 61.9 Å². The van der Waals surface area contributed by atoms with E-state index in [0.717, 1.165) is 56.4 Å². The fraction of sp³-hybridized carbons (Fsp3) is 0.562. The summed E-state index contributed by atoms with van der Waals surface area (Å²) in [6.45, 7) is 3.71.